The Morgan fingerprint density at radius 1 is 1.11 bits per heavy atom. The van der Waals surface area contributed by atoms with Crippen molar-refractivity contribution >= 4 is 11.9 Å². The largest absolute Gasteiger partial charge is 0.455 e. The van der Waals surface area contributed by atoms with Crippen LogP contribution < -0.4 is 5.32 Å². The summed E-state index contributed by atoms with van der Waals surface area (Å²) in [6.45, 7) is 1.53. The Bertz CT molecular complexity index is 834. The summed E-state index contributed by atoms with van der Waals surface area (Å²) in [6, 6.07) is 12.2. The summed E-state index contributed by atoms with van der Waals surface area (Å²) in [4.78, 5) is 23.9. The molecule has 1 atom stereocenters. The Balaban J connectivity index is 1.48. The van der Waals surface area contributed by atoms with E-state index in [0.717, 1.165) is 18.4 Å². The highest BCUT2D eigenvalue weighted by Gasteiger charge is 2.16. The van der Waals surface area contributed by atoms with Crippen molar-refractivity contribution in [3.05, 3.63) is 70.5 Å². The van der Waals surface area contributed by atoms with Crippen LogP contribution in [0.3, 0.4) is 0 Å². The van der Waals surface area contributed by atoms with E-state index in [1.54, 1.807) is 12.1 Å². The number of nitrogens with one attached hydrogen (secondary N) is 1. The molecule has 0 saturated carbocycles. The first kappa shape index (κ1) is 19.1. The summed E-state index contributed by atoms with van der Waals surface area (Å²) >= 11 is 0. The van der Waals surface area contributed by atoms with Crippen molar-refractivity contribution in [2.75, 3.05) is 6.61 Å². The van der Waals surface area contributed by atoms with Gasteiger partial charge in [0.2, 0.25) is 0 Å². The van der Waals surface area contributed by atoms with E-state index in [1.165, 1.54) is 36.1 Å². The van der Waals surface area contributed by atoms with Gasteiger partial charge in [-0.15, -0.1) is 0 Å². The lowest BCUT2D eigenvalue weighted by molar-refractivity contribution is -0.148. The minimum atomic E-state index is -0.628. The molecular formula is C22H24FNO3. The van der Waals surface area contributed by atoms with Gasteiger partial charge >= 0.3 is 5.97 Å². The van der Waals surface area contributed by atoms with E-state index in [1.807, 2.05) is 13.0 Å². The van der Waals surface area contributed by atoms with Crippen LogP contribution in [0, 0.1) is 5.82 Å². The second-order valence-electron chi connectivity index (χ2n) is 6.95. The standard InChI is InChI=1S/C22H24FNO3/c1-15(17-11-10-16-6-2-3-7-18(16)12-17)24-21(25)14-27-22(26)13-19-8-4-5-9-20(19)23/h4-5,8-12,15H,2-3,6-7,13-14H2,1H3,(H,24,25). The molecule has 2 aromatic rings. The van der Waals surface area contributed by atoms with Gasteiger partial charge in [-0.25, -0.2) is 4.39 Å². The topological polar surface area (TPSA) is 55.4 Å². The molecule has 27 heavy (non-hydrogen) atoms. The van der Waals surface area contributed by atoms with Crippen molar-refractivity contribution in [2.24, 2.45) is 0 Å². The lowest BCUT2D eigenvalue weighted by Gasteiger charge is -2.20. The fourth-order valence-corrected chi connectivity index (χ4v) is 3.38. The van der Waals surface area contributed by atoms with Gasteiger partial charge in [-0.05, 0) is 60.9 Å². The molecule has 4 nitrogen and oxygen atoms in total. The number of esters is 1. The molecule has 0 aliphatic heterocycles. The number of rotatable bonds is 6. The molecule has 0 radical (unpaired) electrons. The summed E-state index contributed by atoms with van der Waals surface area (Å²) in [5.41, 5.74) is 4.05. The van der Waals surface area contributed by atoms with Crippen LogP contribution in [0.1, 0.15) is 48.1 Å². The second-order valence-corrected chi connectivity index (χ2v) is 6.95. The van der Waals surface area contributed by atoms with Crippen molar-refractivity contribution in [3.8, 4) is 0 Å². The van der Waals surface area contributed by atoms with Crippen LogP contribution in [0.15, 0.2) is 42.5 Å². The van der Waals surface area contributed by atoms with Gasteiger partial charge in [-0.1, -0.05) is 36.4 Å². The van der Waals surface area contributed by atoms with E-state index in [9.17, 15) is 14.0 Å². The average Bonchev–Trinajstić information content (AvgIpc) is 2.68. The molecule has 0 heterocycles. The Labute approximate surface area is 158 Å². The van der Waals surface area contributed by atoms with Crippen LogP contribution in [0.5, 0.6) is 0 Å². The molecule has 0 aromatic heterocycles. The number of carbonyl (C=O) groups excluding carboxylic acids is 2. The average molecular weight is 369 g/mol. The first-order valence-electron chi connectivity index (χ1n) is 9.33. The van der Waals surface area contributed by atoms with Gasteiger partial charge in [0.1, 0.15) is 5.82 Å². The molecular weight excluding hydrogens is 345 g/mol. The highest BCUT2D eigenvalue weighted by molar-refractivity contribution is 5.81. The van der Waals surface area contributed by atoms with Crippen LogP contribution in [-0.4, -0.2) is 18.5 Å². The van der Waals surface area contributed by atoms with Gasteiger partial charge < -0.3 is 10.1 Å². The SMILES string of the molecule is CC(NC(=O)COC(=O)Cc1ccccc1F)c1ccc2c(c1)CCCC2. The summed E-state index contributed by atoms with van der Waals surface area (Å²) in [5, 5.41) is 2.84. The molecule has 5 heteroatoms. The molecule has 1 N–H and O–H groups in total. The number of hydrogen-bond acceptors (Lipinski definition) is 3. The first-order valence-corrected chi connectivity index (χ1v) is 9.33. The van der Waals surface area contributed by atoms with Crippen molar-refractivity contribution in [1.29, 1.82) is 0 Å². The van der Waals surface area contributed by atoms with Crippen molar-refractivity contribution in [3.63, 3.8) is 0 Å². The monoisotopic (exact) mass is 369 g/mol. The summed E-state index contributed by atoms with van der Waals surface area (Å²) in [5.74, 6) is -1.46. The van der Waals surface area contributed by atoms with Gasteiger partial charge in [0.25, 0.3) is 5.91 Å². The maximum Gasteiger partial charge on any atom is 0.310 e. The predicted molar refractivity (Wildman–Crippen MR) is 101 cm³/mol. The first-order chi connectivity index (χ1) is 13.0. The maximum absolute atomic E-state index is 13.5. The third-order valence-corrected chi connectivity index (χ3v) is 4.91. The number of aryl methyl sites for hydroxylation is 2. The molecule has 0 saturated heterocycles. The summed E-state index contributed by atoms with van der Waals surface area (Å²) in [7, 11) is 0. The van der Waals surface area contributed by atoms with E-state index in [4.69, 9.17) is 4.74 Å². The number of fused-ring (bicyclic) bond motifs is 1. The van der Waals surface area contributed by atoms with Crippen LogP contribution in [0.25, 0.3) is 0 Å². The molecule has 1 aliphatic rings. The van der Waals surface area contributed by atoms with Gasteiger partial charge in [0, 0.05) is 0 Å². The third-order valence-electron chi connectivity index (χ3n) is 4.91. The van der Waals surface area contributed by atoms with Crippen LogP contribution in [0.2, 0.25) is 0 Å². The van der Waals surface area contributed by atoms with E-state index in [2.05, 4.69) is 17.4 Å². The Morgan fingerprint density at radius 2 is 1.85 bits per heavy atom. The van der Waals surface area contributed by atoms with Crippen LogP contribution in [0.4, 0.5) is 4.39 Å². The highest BCUT2D eigenvalue weighted by atomic mass is 19.1. The maximum atomic E-state index is 13.5. The molecule has 2 aromatic carbocycles. The minimum Gasteiger partial charge on any atom is -0.455 e. The zero-order valence-corrected chi connectivity index (χ0v) is 15.5. The van der Waals surface area contributed by atoms with E-state index in [-0.39, 0.29) is 30.5 Å². The number of halogens is 1. The lowest BCUT2D eigenvalue weighted by Crippen LogP contribution is -2.31. The molecule has 3 rings (SSSR count). The van der Waals surface area contributed by atoms with Crippen molar-refractivity contribution in [2.45, 2.75) is 45.1 Å². The molecule has 1 aliphatic carbocycles. The minimum absolute atomic E-state index is 0.171. The zero-order chi connectivity index (χ0) is 19.2. The third kappa shape index (κ3) is 5.16. The predicted octanol–water partition coefficient (Wildman–Crippen LogP) is 3.67. The molecule has 0 spiro atoms. The van der Waals surface area contributed by atoms with Crippen LogP contribution in [-0.2, 0) is 33.6 Å². The molecule has 0 bridgehead atoms. The zero-order valence-electron chi connectivity index (χ0n) is 15.5. The van der Waals surface area contributed by atoms with Crippen molar-refractivity contribution < 1.29 is 18.7 Å². The quantitative estimate of drug-likeness (QED) is 0.791. The normalized spacial score (nSPS) is 14.1. The fraction of sp³-hybridized carbons (Fsp3) is 0.364. The van der Waals surface area contributed by atoms with E-state index >= 15 is 0 Å². The fourth-order valence-electron chi connectivity index (χ4n) is 3.38. The Morgan fingerprint density at radius 3 is 2.63 bits per heavy atom. The molecule has 0 fully saturated rings. The Hall–Kier alpha value is -2.69. The number of amides is 1. The lowest BCUT2D eigenvalue weighted by atomic mass is 9.89. The molecule has 142 valence electrons. The van der Waals surface area contributed by atoms with Crippen molar-refractivity contribution in [1.82, 2.24) is 5.32 Å². The van der Waals surface area contributed by atoms with Gasteiger partial charge in [0.15, 0.2) is 6.61 Å². The number of hydrogen-bond donors (Lipinski definition) is 1. The number of ether oxygens (including phenoxy) is 1. The molecule has 1 amide bonds. The van der Waals surface area contributed by atoms with Gasteiger partial charge in [0.05, 0.1) is 12.5 Å². The highest BCUT2D eigenvalue weighted by Crippen LogP contribution is 2.24. The van der Waals surface area contributed by atoms with Gasteiger partial charge in [-0.3, -0.25) is 9.59 Å². The van der Waals surface area contributed by atoms with Gasteiger partial charge in [-0.2, -0.15) is 0 Å². The van der Waals surface area contributed by atoms with E-state index in [0.29, 0.717) is 0 Å². The van der Waals surface area contributed by atoms with Crippen LogP contribution >= 0.6 is 0 Å². The summed E-state index contributed by atoms with van der Waals surface area (Å²) in [6.07, 6.45) is 4.44. The second kappa shape index (κ2) is 8.80. The van der Waals surface area contributed by atoms with E-state index < -0.39 is 11.8 Å². The summed E-state index contributed by atoms with van der Waals surface area (Å²) < 4.78 is 18.5. The smallest absolute Gasteiger partial charge is 0.310 e. The Kier molecular flexibility index (Phi) is 6.22. The molecule has 1 unspecified atom stereocenters. The number of benzene rings is 2. The number of carbonyl (C=O) groups is 2.